The summed E-state index contributed by atoms with van der Waals surface area (Å²) < 4.78 is 0. The third-order valence-corrected chi connectivity index (χ3v) is 3.77. The minimum Gasteiger partial charge on any atom is -0.480 e. The molecule has 0 aliphatic heterocycles. The zero-order chi connectivity index (χ0) is 14.3. The molecule has 122 valence electrons. The highest BCUT2D eigenvalue weighted by Gasteiger charge is 2.13. The number of halogens is 1. The summed E-state index contributed by atoms with van der Waals surface area (Å²) >= 11 is 4.02. The molecule has 0 aromatic carbocycles. The van der Waals surface area contributed by atoms with Gasteiger partial charge in [-0.1, -0.05) is 64.7 Å². The fourth-order valence-electron chi connectivity index (χ4n) is 2.12. The number of carboxylic acid groups (broad SMARTS) is 1. The Labute approximate surface area is 136 Å². The lowest BCUT2D eigenvalue weighted by molar-refractivity contribution is -0.138. The van der Waals surface area contributed by atoms with Crippen molar-refractivity contribution in [3.05, 3.63) is 0 Å². The first kappa shape index (κ1) is 22.4. The average Bonchev–Trinajstić information content (AvgIpc) is 2.40. The van der Waals surface area contributed by atoms with E-state index in [2.05, 4.69) is 24.9 Å². The summed E-state index contributed by atoms with van der Waals surface area (Å²) in [6.07, 6.45) is 13.0. The van der Waals surface area contributed by atoms with Crippen LogP contribution < -0.4 is 5.32 Å². The highest BCUT2D eigenvalue weighted by molar-refractivity contribution is 7.80. The molecular weight excluding hydrogens is 294 g/mol. The van der Waals surface area contributed by atoms with Gasteiger partial charge in [-0.05, 0) is 13.0 Å². The lowest BCUT2D eigenvalue weighted by atomic mass is 10.1. The van der Waals surface area contributed by atoms with E-state index in [-0.39, 0.29) is 12.4 Å². The van der Waals surface area contributed by atoms with Crippen molar-refractivity contribution in [3.63, 3.8) is 0 Å². The number of hydrogen-bond acceptors (Lipinski definition) is 3. The Morgan fingerprint density at radius 2 is 1.45 bits per heavy atom. The number of unbranched alkanes of at least 4 members (excludes halogenated alkanes) is 9. The number of aliphatic carboxylic acids is 1. The van der Waals surface area contributed by atoms with Crippen LogP contribution >= 0.6 is 25.0 Å². The zero-order valence-electron chi connectivity index (χ0n) is 12.8. The molecule has 0 aromatic rings. The van der Waals surface area contributed by atoms with Crippen LogP contribution in [0.15, 0.2) is 0 Å². The molecule has 0 heterocycles. The predicted molar refractivity (Wildman–Crippen MR) is 92.4 cm³/mol. The number of thiol groups is 1. The molecule has 0 saturated carbocycles. The van der Waals surface area contributed by atoms with Crippen LogP contribution in [0.1, 0.15) is 71.1 Å². The molecule has 3 nitrogen and oxygen atoms in total. The normalized spacial score (nSPS) is 11.9. The van der Waals surface area contributed by atoms with Crippen molar-refractivity contribution in [1.29, 1.82) is 0 Å². The van der Waals surface area contributed by atoms with E-state index < -0.39 is 12.0 Å². The van der Waals surface area contributed by atoms with E-state index in [4.69, 9.17) is 5.11 Å². The summed E-state index contributed by atoms with van der Waals surface area (Å²) in [7, 11) is 0. The number of rotatable bonds is 14. The molecule has 0 aliphatic carbocycles. The van der Waals surface area contributed by atoms with Gasteiger partial charge in [-0.15, -0.1) is 12.4 Å². The standard InChI is InChI=1S/C15H31NO2S.ClH/c1-2-3-4-5-6-7-8-9-10-11-12-16-14(13-19)15(17)18;/h14,16,19H,2-13H2,1H3,(H,17,18);1H/t14-;/m0./s1. The van der Waals surface area contributed by atoms with Gasteiger partial charge in [-0.2, -0.15) is 12.6 Å². The molecule has 0 fully saturated rings. The molecule has 0 amide bonds. The molecule has 1 atom stereocenters. The first-order valence-corrected chi connectivity index (χ1v) is 8.42. The highest BCUT2D eigenvalue weighted by Crippen LogP contribution is 2.10. The fourth-order valence-corrected chi connectivity index (χ4v) is 2.40. The van der Waals surface area contributed by atoms with Crippen LogP contribution in [0.3, 0.4) is 0 Å². The van der Waals surface area contributed by atoms with Crippen molar-refractivity contribution in [2.75, 3.05) is 12.3 Å². The van der Waals surface area contributed by atoms with E-state index in [9.17, 15) is 4.79 Å². The van der Waals surface area contributed by atoms with E-state index in [0.29, 0.717) is 5.75 Å². The summed E-state index contributed by atoms with van der Waals surface area (Å²) in [6, 6.07) is -0.498. The fraction of sp³-hybridized carbons (Fsp3) is 0.933. The lowest BCUT2D eigenvalue weighted by Crippen LogP contribution is -2.38. The van der Waals surface area contributed by atoms with Crippen molar-refractivity contribution < 1.29 is 9.90 Å². The molecule has 0 aromatic heterocycles. The van der Waals surface area contributed by atoms with Crippen molar-refractivity contribution in [2.24, 2.45) is 0 Å². The van der Waals surface area contributed by atoms with E-state index in [0.717, 1.165) is 13.0 Å². The first-order chi connectivity index (χ1) is 9.22. The molecule has 0 bridgehead atoms. The highest BCUT2D eigenvalue weighted by atomic mass is 35.5. The molecule has 0 radical (unpaired) electrons. The van der Waals surface area contributed by atoms with E-state index in [1.807, 2.05) is 0 Å². The van der Waals surface area contributed by atoms with Crippen molar-refractivity contribution in [1.82, 2.24) is 5.32 Å². The lowest BCUT2D eigenvalue weighted by Gasteiger charge is -2.11. The molecule has 2 N–H and O–H groups in total. The Morgan fingerprint density at radius 1 is 1.00 bits per heavy atom. The summed E-state index contributed by atoms with van der Waals surface area (Å²) in [4.78, 5) is 10.7. The van der Waals surface area contributed by atoms with E-state index >= 15 is 0 Å². The Hall–Kier alpha value is 0.0700. The third kappa shape index (κ3) is 14.5. The van der Waals surface area contributed by atoms with Gasteiger partial charge >= 0.3 is 5.97 Å². The number of nitrogens with one attached hydrogen (secondary N) is 1. The van der Waals surface area contributed by atoms with Gasteiger partial charge in [-0.25, -0.2) is 0 Å². The Morgan fingerprint density at radius 3 is 1.85 bits per heavy atom. The predicted octanol–water partition coefficient (Wildman–Crippen LogP) is 4.30. The molecule has 0 spiro atoms. The van der Waals surface area contributed by atoms with E-state index in [1.54, 1.807) is 0 Å². The zero-order valence-corrected chi connectivity index (χ0v) is 14.5. The summed E-state index contributed by atoms with van der Waals surface area (Å²) in [5, 5.41) is 11.8. The topological polar surface area (TPSA) is 49.3 Å². The molecule has 0 saturated heterocycles. The quantitative estimate of drug-likeness (QED) is 0.329. The monoisotopic (exact) mass is 325 g/mol. The molecular formula is C15H32ClNO2S. The van der Waals surface area contributed by atoms with Crippen LogP contribution in [0.2, 0.25) is 0 Å². The maximum atomic E-state index is 10.7. The Balaban J connectivity index is 0. The van der Waals surface area contributed by atoms with Gasteiger partial charge in [0.15, 0.2) is 0 Å². The SMILES string of the molecule is CCCCCCCCCCCCN[C@@H](CS)C(=O)O.Cl. The Bertz CT molecular complexity index is 218. The van der Waals surface area contributed by atoms with Gasteiger partial charge in [0, 0.05) is 5.75 Å². The number of carbonyl (C=O) groups is 1. The maximum absolute atomic E-state index is 10.7. The molecule has 5 heteroatoms. The van der Waals surface area contributed by atoms with Gasteiger partial charge in [0.1, 0.15) is 6.04 Å². The molecule has 20 heavy (non-hydrogen) atoms. The molecule has 0 unspecified atom stereocenters. The van der Waals surface area contributed by atoms with Crippen LogP contribution in [0.4, 0.5) is 0 Å². The number of carboxylic acids is 1. The van der Waals surface area contributed by atoms with Crippen LogP contribution in [0.25, 0.3) is 0 Å². The largest absolute Gasteiger partial charge is 0.480 e. The summed E-state index contributed by atoms with van der Waals surface area (Å²) in [5.41, 5.74) is 0. The van der Waals surface area contributed by atoms with Gasteiger partial charge in [-0.3, -0.25) is 4.79 Å². The minimum absolute atomic E-state index is 0. The summed E-state index contributed by atoms with van der Waals surface area (Å²) in [6.45, 7) is 3.03. The van der Waals surface area contributed by atoms with Gasteiger partial charge in [0.25, 0.3) is 0 Å². The first-order valence-electron chi connectivity index (χ1n) is 7.79. The minimum atomic E-state index is -0.804. The second kappa shape index (κ2) is 17.1. The van der Waals surface area contributed by atoms with Crippen molar-refractivity contribution in [3.8, 4) is 0 Å². The maximum Gasteiger partial charge on any atom is 0.321 e. The van der Waals surface area contributed by atoms with Crippen molar-refractivity contribution >= 4 is 31.0 Å². The smallest absolute Gasteiger partial charge is 0.321 e. The third-order valence-electron chi connectivity index (χ3n) is 3.40. The van der Waals surface area contributed by atoms with Crippen LogP contribution in [0, 0.1) is 0 Å². The Kier molecular flexibility index (Phi) is 19.1. The molecule has 0 aliphatic rings. The van der Waals surface area contributed by atoms with Crippen LogP contribution in [-0.2, 0) is 4.79 Å². The average molecular weight is 326 g/mol. The van der Waals surface area contributed by atoms with Gasteiger partial charge in [0.05, 0.1) is 0 Å². The summed E-state index contributed by atoms with van der Waals surface area (Å²) in [5.74, 6) is -0.449. The van der Waals surface area contributed by atoms with Gasteiger partial charge < -0.3 is 10.4 Å². The van der Waals surface area contributed by atoms with Crippen LogP contribution in [0.5, 0.6) is 0 Å². The second-order valence-corrected chi connectivity index (χ2v) is 5.57. The van der Waals surface area contributed by atoms with Crippen LogP contribution in [-0.4, -0.2) is 29.4 Å². The number of hydrogen-bond donors (Lipinski definition) is 3. The second-order valence-electron chi connectivity index (χ2n) is 5.21. The van der Waals surface area contributed by atoms with E-state index in [1.165, 1.54) is 57.8 Å². The molecule has 0 rings (SSSR count). The van der Waals surface area contributed by atoms with Crippen molar-refractivity contribution in [2.45, 2.75) is 77.2 Å². The van der Waals surface area contributed by atoms with Gasteiger partial charge in [0.2, 0.25) is 0 Å².